The number of carbonyl (C=O) groups is 1. The van der Waals surface area contributed by atoms with Gasteiger partial charge < -0.3 is 13.8 Å². The molecule has 1 atom stereocenters. The van der Waals surface area contributed by atoms with Gasteiger partial charge in [0.15, 0.2) is 11.5 Å². The molecule has 19 heavy (non-hydrogen) atoms. The van der Waals surface area contributed by atoms with Crippen molar-refractivity contribution in [3.8, 4) is 11.5 Å². The Morgan fingerprint density at radius 1 is 1.42 bits per heavy atom. The first-order valence-electron chi connectivity index (χ1n) is 6.13. The Morgan fingerprint density at radius 2 is 2.26 bits per heavy atom. The van der Waals surface area contributed by atoms with Crippen molar-refractivity contribution in [2.24, 2.45) is 4.99 Å². The normalized spacial score (nSPS) is 20.8. The standard InChI is InChI=1S/C13H14N2O3S/c1-17-11-5-9-10(6-12(11)18-19)14-7-8-3-2-4-15(8)13(9)16/h5-8,19H,2-4H2,1H3. The monoisotopic (exact) mass is 278 g/mol. The summed E-state index contributed by atoms with van der Waals surface area (Å²) in [6.45, 7) is 0.780. The summed E-state index contributed by atoms with van der Waals surface area (Å²) in [5.74, 6) is 0.936. The van der Waals surface area contributed by atoms with Crippen molar-refractivity contribution in [1.29, 1.82) is 0 Å². The van der Waals surface area contributed by atoms with Crippen LogP contribution in [0.2, 0.25) is 0 Å². The summed E-state index contributed by atoms with van der Waals surface area (Å²) in [5.41, 5.74) is 1.15. The van der Waals surface area contributed by atoms with E-state index in [0.717, 1.165) is 19.4 Å². The first-order valence-corrected chi connectivity index (χ1v) is 6.49. The number of hydrogen-bond acceptors (Lipinski definition) is 5. The van der Waals surface area contributed by atoms with Crippen LogP contribution in [0.15, 0.2) is 17.1 Å². The molecule has 1 saturated heterocycles. The van der Waals surface area contributed by atoms with Gasteiger partial charge in [-0.3, -0.25) is 9.79 Å². The van der Waals surface area contributed by atoms with Crippen LogP contribution in [0.25, 0.3) is 0 Å². The van der Waals surface area contributed by atoms with Gasteiger partial charge in [0, 0.05) is 31.7 Å². The van der Waals surface area contributed by atoms with Gasteiger partial charge in [0.25, 0.3) is 5.91 Å². The Hall–Kier alpha value is -1.69. The highest BCUT2D eigenvalue weighted by Gasteiger charge is 2.32. The first-order chi connectivity index (χ1) is 9.24. The molecule has 6 heteroatoms. The number of nitrogens with zero attached hydrogens (tertiary/aromatic N) is 2. The topological polar surface area (TPSA) is 51.1 Å². The third kappa shape index (κ3) is 1.96. The number of aliphatic imine (C=N–C) groups is 1. The molecule has 0 aromatic heterocycles. The quantitative estimate of drug-likeness (QED) is 0.667. The van der Waals surface area contributed by atoms with E-state index >= 15 is 0 Å². The number of hydrogen-bond donors (Lipinski definition) is 1. The van der Waals surface area contributed by atoms with Gasteiger partial charge in [0.05, 0.1) is 24.4 Å². The lowest BCUT2D eigenvalue weighted by Gasteiger charge is -2.20. The number of fused-ring (bicyclic) bond motifs is 2. The molecule has 0 radical (unpaired) electrons. The van der Waals surface area contributed by atoms with Gasteiger partial charge in [-0.2, -0.15) is 0 Å². The van der Waals surface area contributed by atoms with Gasteiger partial charge in [-0.15, -0.1) is 0 Å². The third-order valence-corrected chi connectivity index (χ3v) is 3.75. The van der Waals surface area contributed by atoms with E-state index in [9.17, 15) is 4.79 Å². The van der Waals surface area contributed by atoms with E-state index in [1.54, 1.807) is 12.1 Å². The lowest BCUT2D eigenvalue weighted by atomic mass is 10.1. The van der Waals surface area contributed by atoms with Crippen molar-refractivity contribution in [2.75, 3.05) is 13.7 Å². The van der Waals surface area contributed by atoms with Crippen LogP contribution in [0.3, 0.4) is 0 Å². The minimum Gasteiger partial charge on any atom is -0.493 e. The van der Waals surface area contributed by atoms with Gasteiger partial charge in [-0.05, 0) is 18.9 Å². The van der Waals surface area contributed by atoms with Crippen molar-refractivity contribution in [2.45, 2.75) is 18.9 Å². The Kier molecular flexibility index (Phi) is 3.10. The van der Waals surface area contributed by atoms with Crippen LogP contribution in [-0.4, -0.2) is 36.7 Å². The van der Waals surface area contributed by atoms with Gasteiger partial charge in [0.2, 0.25) is 0 Å². The van der Waals surface area contributed by atoms with E-state index in [2.05, 4.69) is 17.9 Å². The average Bonchev–Trinajstić information content (AvgIpc) is 2.87. The van der Waals surface area contributed by atoms with Gasteiger partial charge in [-0.25, -0.2) is 0 Å². The number of methoxy groups -OCH3 is 1. The highest BCUT2D eigenvalue weighted by atomic mass is 32.1. The SMILES string of the molecule is COc1cc2c(cc1OS)N=CC1CCCN1C2=O. The molecule has 100 valence electrons. The van der Waals surface area contributed by atoms with Crippen LogP contribution in [0, 0.1) is 0 Å². The van der Waals surface area contributed by atoms with Crippen LogP contribution in [-0.2, 0) is 0 Å². The fourth-order valence-electron chi connectivity index (χ4n) is 2.58. The molecule has 0 N–H and O–H groups in total. The molecule has 0 bridgehead atoms. The van der Waals surface area contributed by atoms with Crippen molar-refractivity contribution < 1.29 is 13.7 Å². The fourth-order valence-corrected chi connectivity index (χ4v) is 2.72. The molecular formula is C13H14N2O3S. The number of benzene rings is 1. The molecule has 2 heterocycles. The lowest BCUT2D eigenvalue weighted by molar-refractivity contribution is 0.0774. The Morgan fingerprint density at radius 3 is 3.00 bits per heavy atom. The average molecular weight is 278 g/mol. The maximum atomic E-state index is 12.5. The van der Waals surface area contributed by atoms with Crippen molar-refractivity contribution in [3.05, 3.63) is 17.7 Å². The number of amides is 1. The van der Waals surface area contributed by atoms with Crippen molar-refractivity contribution in [3.63, 3.8) is 0 Å². The summed E-state index contributed by atoms with van der Waals surface area (Å²) in [7, 11) is 1.53. The number of carbonyl (C=O) groups excluding carboxylic acids is 1. The predicted molar refractivity (Wildman–Crippen MR) is 74.8 cm³/mol. The van der Waals surface area contributed by atoms with Crippen molar-refractivity contribution in [1.82, 2.24) is 4.90 Å². The van der Waals surface area contributed by atoms with Crippen LogP contribution < -0.4 is 8.92 Å². The molecule has 1 amide bonds. The number of rotatable bonds is 2. The lowest BCUT2D eigenvalue weighted by Crippen LogP contribution is -2.35. The second-order valence-electron chi connectivity index (χ2n) is 4.60. The maximum Gasteiger partial charge on any atom is 0.256 e. The zero-order chi connectivity index (χ0) is 13.4. The Bertz CT molecular complexity index is 559. The molecule has 0 spiro atoms. The summed E-state index contributed by atoms with van der Waals surface area (Å²) >= 11 is 3.79. The second-order valence-corrected chi connectivity index (χ2v) is 4.78. The van der Waals surface area contributed by atoms with Crippen LogP contribution in [0.4, 0.5) is 5.69 Å². The van der Waals surface area contributed by atoms with Gasteiger partial charge in [0.1, 0.15) is 0 Å². The number of ether oxygens (including phenoxy) is 1. The van der Waals surface area contributed by atoms with Crippen molar-refractivity contribution >= 4 is 30.7 Å². The van der Waals surface area contributed by atoms with E-state index in [4.69, 9.17) is 8.92 Å². The minimum absolute atomic E-state index is 0.000913. The molecule has 5 nitrogen and oxygen atoms in total. The van der Waals surface area contributed by atoms with E-state index in [0.29, 0.717) is 22.7 Å². The molecule has 2 aliphatic heterocycles. The molecular weight excluding hydrogens is 264 g/mol. The second kappa shape index (κ2) is 4.77. The van der Waals surface area contributed by atoms with Gasteiger partial charge >= 0.3 is 0 Å². The molecule has 3 rings (SSSR count). The first kappa shape index (κ1) is 12.3. The molecule has 2 aliphatic rings. The van der Waals surface area contributed by atoms with Gasteiger partial charge in [-0.1, -0.05) is 0 Å². The number of thiol groups is 1. The highest BCUT2D eigenvalue weighted by molar-refractivity contribution is 7.75. The third-order valence-electron chi connectivity index (χ3n) is 3.56. The van der Waals surface area contributed by atoms with E-state index in [-0.39, 0.29) is 11.9 Å². The molecule has 1 fully saturated rings. The van der Waals surface area contributed by atoms with Crippen LogP contribution in [0.1, 0.15) is 23.2 Å². The van der Waals surface area contributed by atoms with Crippen LogP contribution >= 0.6 is 12.9 Å². The zero-order valence-electron chi connectivity index (χ0n) is 10.5. The molecule has 1 unspecified atom stereocenters. The summed E-state index contributed by atoms with van der Waals surface area (Å²) in [6, 6.07) is 3.45. The zero-order valence-corrected chi connectivity index (χ0v) is 11.4. The smallest absolute Gasteiger partial charge is 0.256 e. The highest BCUT2D eigenvalue weighted by Crippen LogP contribution is 2.38. The van der Waals surface area contributed by atoms with Crippen LogP contribution in [0.5, 0.6) is 11.5 Å². The summed E-state index contributed by atoms with van der Waals surface area (Å²) < 4.78 is 10.1. The Labute approximate surface area is 116 Å². The minimum atomic E-state index is -0.000913. The summed E-state index contributed by atoms with van der Waals surface area (Å²) in [6.07, 6.45) is 3.83. The largest absolute Gasteiger partial charge is 0.493 e. The Balaban J connectivity index is 2.12. The predicted octanol–water partition coefficient (Wildman–Crippen LogP) is 2.24. The maximum absolute atomic E-state index is 12.5. The molecule has 1 aromatic rings. The molecule has 0 saturated carbocycles. The van der Waals surface area contributed by atoms with E-state index in [1.165, 1.54) is 7.11 Å². The van der Waals surface area contributed by atoms with E-state index < -0.39 is 0 Å². The summed E-state index contributed by atoms with van der Waals surface area (Å²) in [4.78, 5) is 18.8. The molecule has 0 aliphatic carbocycles. The summed E-state index contributed by atoms with van der Waals surface area (Å²) in [5, 5.41) is 0. The molecule has 1 aromatic carbocycles. The fraction of sp³-hybridized carbons (Fsp3) is 0.385. The van der Waals surface area contributed by atoms with E-state index in [1.807, 2.05) is 11.1 Å².